The molecule has 21 heavy (non-hydrogen) atoms. The molecule has 2 nitrogen and oxygen atoms in total. The van der Waals surface area contributed by atoms with Crippen molar-refractivity contribution in [3.63, 3.8) is 0 Å². The van der Waals surface area contributed by atoms with Crippen LogP contribution >= 0.6 is 18.4 Å². The second kappa shape index (κ2) is 5.04. The lowest BCUT2D eigenvalue weighted by atomic mass is 10.2. The maximum absolute atomic E-state index is 6.37. The summed E-state index contributed by atoms with van der Waals surface area (Å²) < 4.78 is 5.22. The van der Waals surface area contributed by atoms with Gasteiger partial charge in [0.1, 0.15) is 0 Å². The fourth-order valence-corrected chi connectivity index (χ4v) is 8.43. The van der Waals surface area contributed by atoms with Crippen molar-refractivity contribution < 1.29 is 0 Å². The van der Waals surface area contributed by atoms with Gasteiger partial charge in [-0.15, -0.1) is 0 Å². The van der Waals surface area contributed by atoms with Gasteiger partial charge in [0.05, 0.1) is 17.2 Å². The van der Waals surface area contributed by atoms with E-state index in [4.69, 9.17) is 24.0 Å². The minimum absolute atomic E-state index is 0.00291. The zero-order chi connectivity index (χ0) is 16.2. The highest BCUT2D eigenvalue weighted by molar-refractivity contribution is 8.15. The van der Waals surface area contributed by atoms with Crippen LogP contribution in [-0.2, 0) is 18.9 Å². The molecule has 0 N–H and O–H groups in total. The van der Waals surface area contributed by atoms with E-state index in [1.165, 1.54) is 0 Å². The first kappa shape index (κ1) is 16.9. The molecule has 0 aliphatic rings. The first-order chi connectivity index (χ1) is 9.43. The van der Waals surface area contributed by atoms with Crippen LogP contribution in [0.4, 0.5) is 0 Å². The van der Waals surface area contributed by atoms with Crippen molar-refractivity contribution in [1.82, 2.24) is 8.90 Å². The molecule has 5 heteroatoms. The highest BCUT2D eigenvalue weighted by Crippen LogP contribution is 2.68. The number of hydrogen-bond donors (Lipinski definition) is 0. The minimum atomic E-state index is -1.98. The Morgan fingerprint density at radius 3 is 1.76 bits per heavy atom. The average molecular weight is 340 g/mol. The normalized spacial score (nSPS) is 13.9. The van der Waals surface area contributed by atoms with Gasteiger partial charge in [-0.25, -0.2) is 0 Å². The van der Waals surface area contributed by atoms with Gasteiger partial charge in [0.2, 0.25) is 0 Å². The molecule has 0 unspecified atom stereocenters. The molecule has 1 aromatic carbocycles. The van der Waals surface area contributed by atoms with E-state index in [0.717, 1.165) is 15.8 Å². The third-order valence-corrected chi connectivity index (χ3v) is 13.0. The van der Waals surface area contributed by atoms with Crippen LogP contribution in [0.2, 0.25) is 0 Å². The Labute approximate surface area is 138 Å². The molecule has 0 aliphatic heterocycles. The fraction of sp³-hybridized carbons (Fsp3) is 0.562. The van der Waals surface area contributed by atoms with Gasteiger partial charge in [-0.2, -0.15) is 0 Å². The van der Waals surface area contributed by atoms with Crippen molar-refractivity contribution in [3.05, 3.63) is 29.0 Å². The average Bonchev–Trinajstić information content (AvgIpc) is 2.59. The molecule has 0 bridgehead atoms. The van der Waals surface area contributed by atoms with Gasteiger partial charge in [0.25, 0.3) is 0 Å². The summed E-state index contributed by atoms with van der Waals surface area (Å²) in [6, 6.07) is 8.38. The lowest BCUT2D eigenvalue weighted by Crippen LogP contribution is -2.32. The van der Waals surface area contributed by atoms with Crippen molar-refractivity contribution >= 4 is 41.2 Å². The van der Waals surface area contributed by atoms with Crippen molar-refractivity contribution in [3.8, 4) is 0 Å². The standard InChI is InChI=1S/C16H25N2PS2/c1-15(2,3)19(21,16(4,5)6)18-13-11-9-8-10-12(13)17(7)14(18)20/h8-11H,1-7H3. The fourth-order valence-electron chi connectivity index (χ4n) is 3.15. The van der Waals surface area contributed by atoms with E-state index in [9.17, 15) is 0 Å². The van der Waals surface area contributed by atoms with Crippen LogP contribution in [0, 0.1) is 4.77 Å². The number of hydrogen-bond acceptors (Lipinski definition) is 2. The molecule has 116 valence electrons. The quantitative estimate of drug-likeness (QED) is 0.497. The summed E-state index contributed by atoms with van der Waals surface area (Å²) in [5.41, 5.74) is 2.32. The highest BCUT2D eigenvalue weighted by Gasteiger charge is 2.44. The number of fused-ring (bicyclic) bond motifs is 1. The van der Waals surface area contributed by atoms with E-state index < -0.39 is 6.19 Å². The molecule has 0 fully saturated rings. The van der Waals surface area contributed by atoms with Crippen molar-refractivity contribution in [1.29, 1.82) is 0 Å². The number of benzene rings is 1. The van der Waals surface area contributed by atoms with E-state index in [1.54, 1.807) is 0 Å². The molecular weight excluding hydrogens is 315 g/mol. The van der Waals surface area contributed by atoms with Gasteiger partial charge in [0.15, 0.2) is 4.77 Å². The monoisotopic (exact) mass is 340 g/mol. The third-order valence-electron chi connectivity index (χ3n) is 4.04. The van der Waals surface area contributed by atoms with E-state index in [-0.39, 0.29) is 10.3 Å². The SMILES string of the molecule is Cn1c(=S)n(P(=S)(C(C)(C)C)C(C)(C)C)c2ccccc21. The number of aryl methyl sites for hydroxylation is 1. The van der Waals surface area contributed by atoms with Gasteiger partial charge < -0.3 is 4.57 Å². The molecule has 2 aromatic rings. The van der Waals surface area contributed by atoms with Gasteiger partial charge in [-0.1, -0.05) is 65.5 Å². The van der Waals surface area contributed by atoms with Crippen LogP contribution in [0.15, 0.2) is 24.3 Å². The van der Waals surface area contributed by atoms with Crippen LogP contribution in [0.25, 0.3) is 11.0 Å². The molecule has 0 aliphatic carbocycles. The number of para-hydroxylation sites is 2. The number of nitrogens with zero attached hydrogens (tertiary/aromatic N) is 2. The first-order valence-electron chi connectivity index (χ1n) is 7.20. The van der Waals surface area contributed by atoms with E-state index in [0.29, 0.717) is 0 Å². The molecule has 0 atom stereocenters. The summed E-state index contributed by atoms with van der Waals surface area (Å²) in [6.45, 7) is 13.5. The van der Waals surface area contributed by atoms with Crippen LogP contribution < -0.4 is 0 Å². The summed E-state index contributed by atoms with van der Waals surface area (Å²) >= 11 is 12.1. The van der Waals surface area contributed by atoms with Gasteiger partial charge >= 0.3 is 0 Å². The summed E-state index contributed by atoms with van der Waals surface area (Å²) in [4.78, 5) is 0. The Balaban J connectivity index is 3.03. The Hall–Kier alpha value is -0.440. The summed E-state index contributed by atoms with van der Waals surface area (Å²) in [7, 11) is 2.03. The zero-order valence-corrected chi connectivity index (χ0v) is 16.5. The molecule has 0 radical (unpaired) electrons. The molecule has 2 rings (SSSR count). The Morgan fingerprint density at radius 1 is 0.905 bits per heavy atom. The highest BCUT2D eigenvalue weighted by atomic mass is 32.4. The summed E-state index contributed by atoms with van der Waals surface area (Å²) in [5, 5.41) is 0.00582. The maximum Gasteiger partial charge on any atom is 0.184 e. The largest absolute Gasteiger partial charge is 0.320 e. The second-order valence-corrected chi connectivity index (χ2v) is 13.7. The van der Waals surface area contributed by atoms with E-state index >= 15 is 0 Å². The summed E-state index contributed by atoms with van der Waals surface area (Å²) in [6.07, 6.45) is -1.98. The van der Waals surface area contributed by atoms with E-state index in [1.807, 2.05) is 7.05 Å². The predicted molar refractivity (Wildman–Crippen MR) is 101 cm³/mol. The number of imidazole rings is 1. The maximum atomic E-state index is 6.37. The minimum Gasteiger partial charge on any atom is -0.320 e. The van der Waals surface area contributed by atoms with Crippen molar-refractivity contribution in [2.75, 3.05) is 0 Å². The number of rotatable bonds is 1. The predicted octanol–water partition coefficient (Wildman–Crippen LogP) is 5.55. The van der Waals surface area contributed by atoms with Crippen LogP contribution in [-0.4, -0.2) is 19.2 Å². The molecule has 1 heterocycles. The lowest BCUT2D eigenvalue weighted by molar-refractivity contribution is 0.688. The molecule has 0 spiro atoms. The molecular formula is C16H25N2PS2. The molecule has 0 saturated carbocycles. The van der Waals surface area contributed by atoms with Crippen LogP contribution in [0.5, 0.6) is 0 Å². The van der Waals surface area contributed by atoms with Crippen LogP contribution in [0.3, 0.4) is 0 Å². The molecule has 0 saturated heterocycles. The van der Waals surface area contributed by atoms with E-state index in [2.05, 4.69) is 74.7 Å². The van der Waals surface area contributed by atoms with Crippen molar-refractivity contribution in [2.45, 2.75) is 51.9 Å². The smallest absolute Gasteiger partial charge is 0.184 e. The Bertz CT molecular complexity index is 767. The molecule has 1 aromatic heterocycles. The van der Waals surface area contributed by atoms with Gasteiger partial charge in [0, 0.05) is 17.4 Å². The Kier molecular flexibility index (Phi) is 4.06. The topological polar surface area (TPSA) is 9.86 Å². The van der Waals surface area contributed by atoms with Gasteiger partial charge in [-0.3, -0.25) is 4.34 Å². The zero-order valence-electron chi connectivity index (χ0n) is 14.0. The second-order valence-electron chi connectivity index (χ2n) is 7.56. The third kappa shape index (κ3) is 2.36. The number of aromatic nitrogens is 2. The van der Waals surface area contributed by atoms with Crippen LogP contribution in [0.1, 0.15) is 41.5 Å². The van der Waals surface area contributed by atoms with Crippen molar-refractivity contribution in [2.24, 2.45) is 7.05 Å². The lowest BCUT2D eigenvalue weighted by Gasteiger charge is -2.45. The Morgan fingerprint density at radius 2 is 1.33 bits per heavy atom. The summed E-state index contributed by atoms with van der Waals surface area (Å²) in [5.74, 6) is 0. The van der Waals surface area contributed by atoms with Gasteiger partial charge in [-0.05, 0) is 24.4 Å². The first-order valence-corrected chi connectivity index (χ1v) is 10.4. The molecule has 0 amide bonds.